The number of nitrogens with one attached hydrogen (secondary N) is 1. The lowest BCUT2D eigenvalue weighted by atomic mass is 9.78. The van der Waals surface area contributed by atoms with E-state index in [1.54, 1.807) is 23.1 Å². The summed E-state index contributed by atoms with van der Waals surface area (Å²) in [7, 11) is 0. The Morgan fingerprint density at radius 3 is 2.51 bits per heavy atom. The maximum absolute atomic E-state index is 13.5. The van der Waals surface area contributed by atoms with Crippen molar-refractivity contribution in [2.75, 3.05) is 4.90 Å². The van der Waals surface area contributed by atoms with E-state index in [9.17, 15) is 9.59 Å². The number of halogens is 1. The van der Waals surface area contributed by atoms with Crippen LogP contribution in [0, 0.1) is 11.8 Å². The first kappa shape index (κ1) is 25.1. The summed E-state index contributed by atoms with van der Waals surface area (Å²) >= 11 is 6.03. The standard InChI is InChI=1S/C31H31ClN2O3/c1-20-6-5-7-26(21(20)2)33-30(35)24-14-10-22(11-15-24)18-29-31(36)34(19-23-12-16-25(32)17-13-23)27-8-3-4-9-28(27)37-29/h3-4,8-18,20-21,26H,5-7,19H2,1-2H3,(H,33,35)/b29-18-/t20-,21-,26+/m1/s1. The molecular formula is C31H31ClN2O3. The summed E-state index contributed by atoms with van der Waals surface area (Å²) in [6, 6.07) is 22.4. The molecule has 0 aromatic heterocycles. The summed E-state index contributed by atoms with van der Waals surface area (Å²) < 4.78 is 6.00. The number of anilines is 1. The fraction of sp³-hybridized carbons (Fsp3) is 0.290. The number of fused-ring (bicyclic) bond motifs is 1. The maximum atomic E-state index is 13.5. The highest BCUT2D eigenvalue weighted by Crippen LogP contribution is 2.36. The average Bonchev–Trinajstić information content (AvgIpc) is 2.90. The van der Waals surface area contributed by atoms with E-state index in [4.69, 9.17) is 16.3 Å². The minimum absolute atomic E-state index is 0.0572. The first-order valence-electron chi connectivity index (χ1n) is 12.8. The number of nitrogens with zero attached hydrogens (tertiary/aromatic N) is 1. The molecule has 0 radical (unpaired) electrons. The van der Waals surface area contributed by atoms with Gasteiger partial charge < -0.3 is 10.1 Å². The Hall–Kier alpha value is -3.57. The highest BCUT2D eigenvalue weighted by molar-refractivity contribution is 6.30. The van der Waals surface area contributed by atoms with E-state index >= 15 is 0 Å². The van der Waals surface area contributed by atoms with Gasteiger partial charge in [-0.2, -0.15) is 0 Å². The minimum Gasteiger partial charge on any atom is -0.449 e. The third kappa shape index (κ3) is 5.57. The number of carbonyl (C=O) groups is 2. The molecule has 0 saturated heterocycles. The van der Waals surface area contributed by atoms with E-state index in [1.807, 2.05) is 60.7 Å². The molecule has 3 aromatic rings. The molecule has 3 aromatic carbocycles. The van der Waals surface area contributed by atoms with Gasteiger partial charge in [-0.15, -0.1) is 0 Å². The first-order chi connectivity index (χ1) is 17.9. The van der Waals surface area contributed by atoms with Crippen molar-refractivity contribution in [3.05, 3.63) is 100 Å². The molecule has 1 aliphatic carbocycles. The quantitative estimate of drug-likeness (QED) is 0.378. The predicted octanol–water partition coefficient (Wildman–Crippen LogP) is 6.86. The molecule has 190 valence electrons. The normalized spacial score (nSPS) is 22.4. The molecule has 3 atom stereocenters. The number of para-hydroxylation sites is 2. The SMILES string of the molecule is C[C@@H]1[C@H](C)CCC[C@@H]1NC(=O)c1ccc(/C=C2\Oc3ccccc3N(Cc3ccc(Cl)cc3)C2=O)cc1. The Morgan fingerprint density at radius 2 is 1.76 bits per heavy atom. The van der Waals surface area contributed by atoms with Gasteiger partial charge in [0.2, 0.25) is 0 Å². The van der Waals surface area contributed by atoms with Gasteiger partial charge in [-0.1, -0.05) is 74.7 Å². The number of ether oxygens (including phenoxy) is 1. The molecule has 1 heterocycles. The Morgan fingerprint density at radius 1 is 1.03 bits per heavy atom. The Labute approximate surface area is 223 Å². The number of hydrogen-bond donors (Lipinski definition) is 1. The van der Waals surface area contributed by atoms with Crippen molar-refractivity contribution in [2.45, 2.75) is 45.7 Å². The predicted molar refractivity (Wildman–Crippen MR) is 148 cm³/mol. The van der Waals surface area contributed by atoms with Crippen LogP contribution < -0.4 is 15.0 Å². The van der Waals surface area contributed by atoms with Crippen LogP contribution in [0.1, 0.15) is 54.6 Å². The Balaban J connectivity index is 1.34. The van der Waals surface area contributed by atoms with Crippen LogP contribution in [0.25, 0.3) is 6.08 Å². The van der Waals surface area contributed by atoms with E-state index in [1.165, 1.54) is 6.42 Å². The zero-order chi connectivity index (χ0) is 25.9. The first-order valence-corrected chi connectivity index (χ1v) is 13.2. The van der Waals surface area contributed by atoms with Crippen LogP contribution in [-0.4, -0.2) is 17.9 Å². The second kappa shape index (κ2) is 10.8. The molecule has 0 bridgehead atoms. The fourth-order valence-electron chi connectivity index (χ4n) is 5.11. The molecule has 2 aliphatic rings. The number of carbonyl (C=O) groups excluding carboxylic acids is 2. The van der Waals surface area contributed by atoms with Crippen molar-refractivity contribution >= 4 is 35.2 Å². The van der Waals surface area contributed by atoms with E-state index < -0.39 is 0 Å². The number of hydrogen-bond acceptors (Lipinski definition) is 3. The smallest absolute Gasteiger partial charge is 0.294 e. The van der Waals surface area contributed by atoms with E-state index in [2.05, 4.69) is 19.2 Å². The van der Waals surface area contributed by atoms with Gasteiger partial charge in [0, 0.05) is 16.6 Å². The second-order valence-corrected chi connectivity index (χ2v) is 10.5. The van der Waals surface area contributed by atoms with Crippen LogP contribution in [0.15, 0.2) is 78.6 Å². The van der Waals surface area contributed by atoms with Crippen LogP contribution in [0.2, 0.25) is 5.02 Å². The molecule has 5 rings (SSSR count). The van der Waals surface area contributed by atoms with E-state index in [-0.39, 0.29) is 23.6 Å². The van der Waals surface area contributed by atoms with Crippen molar-refractivity contribution in [3.63, 3.8) is 0 Å². The summed E-state index contributed by atoms with van der Waals surface area (Å²) in [4.78, 5) is 28.0. The molecule has 0 spiro atoms. The van der Waals surface area contributed by atoms with Gasteiger partial charge in [0.1, 0.15) is 0 Å². The molecule has 1 saturated carbocycles. The van der Waals surface area contributed by atoms with Gasteiger partial charge in [0.15, 0.2) is 11.5 Å². The van der Waals surface area contributed by atoms with Crippen LogP contribution in [0.4, 0.5) is 5.69 Å². The molecular weight excluding hydrogens is 484 g/mol. The maximum Gasteiger partial charge on any atom is 0.294 e. The lowest BCUT2D eigenvalue weighted by Gasteiger charge is -2.34. The summed E-state index contributed by atoms with van der Waals surface area (Å²) in [6.07, 6.45) is 5.11. The van der Waals surface area contributed by atoms with Crippen molar-refractivity contribution < 1.29 is 14.3 Å². The molecule has 1 aliphatic heterocycles. The van der Waals surface area contributed by atoms with Crippen LogP contribution in [0.3, 0.4) is 0 Å². The summed E-state index contributed by atoms with van der Waals surface area (Å²) in [5.74, 6) is 1.65. The van der Waals surface area contributed by atoms with Crippen LogP contribution in [0.5, 0.6) is 5.75 Å². The lowest BCUT2D eigenvalue weighted by molar-refractivity contribution is -0.117. The largest absolute Gasteiger partial charge is 0.449 e. The van der Waals surface area contributed by atoms with Gasteiger partial charge in [-0.3, -0.25) is 14.5 Å². The topological polar surface area (TPSA) is 58.6 Å². The minimum atomic E-state index is -0.226. The van der Waals surface area contributed by atoms with Crippen molar-refractivity contribution in [2.24, 2.45) is 11.8 Å². The lowest BCUT2D eigenvalue weighted by Crippen LogP contribution is -2.43. The Bertz CT molecular complexity index is 1320. The van der Waals surface area contributed by atoms with Gasteiger partial charge in [-0.25, -0.2) is 0 Å². The van der Waals surface area contributed by atoms with E-state index in [0.29, 0.717) is 34.7 Å². The van der Waals surface area contributed by atoms with Crippen molar-refractivity contribution in [3.8, 4) is 5.75 Å². The van der Waals surface area contributed by atoms with Gasteiger partial charge >= 0.3 is 0 Å². The molecule has 37 heavy (non-hydrogen) atoms. The fourth-order valence-corrected chi connectivity index (χ4v) is 5.24. The van der Waals surface area contributed by atoms with Crippen LogP contribution in [-0.2, 0) is 11.3 Å². The summed E-state index contributed by atoms with van der Waals surface area (Å²) in [5, 5.41) is 3.87. The average molecular weight is 515 g/mol. The monoisotopic (exact) mass is 514 g/mol. The number of benzene rings is 3. The van der Waals surface area contributed by atoms with E-state index in [0.717, 1.165) is 29.7 Å². The van der Waals surface area contributed by atoms with Crippen LogP contribution >= 0.6 is 11.6 Å². The Kier molecular flexibility index (Phi) is 7.33. The van der Waals surface area contributed by atoms with Crippen molar-refractivity contribution in [1.82, 2.24) is 5.32 Å². The molecule has 1 N–H and O–H groups in total. The summed E-state index contributed by atoms with van der Waals surface area (Å²) in [6.45, 7) is 4.87. The second-order valence-electron chi connectivity index (χ2n) is 10.1. The van der Waals surface area contributed by atoms with Gasteiger partial charge in [0.05, 0.1) is 12.2 Å². The number of rotatable bonds is 5. The molecule has 6 heteroatoms. The molecule has 5 nitrogen and oxygen atoms in total. The highest BCUT2D eigenvalue weighted by Gasteiger charge is 2.31. The molecule has 2 amide bonds. The third-order valence-electron chi connectivity index (χ3n) is 7.58. The van der Waals surface area contributed by atoms with Gasteiger partial charge in [0.25, 0.3) is 11.8 Å². The zero-order valence-electron chi connectivity index (χ0n) is 21.1. The highest BCUT2D eigenvalue weighted by atomic mass is 35.5. The van der Waals surface area contributed by atoms with Gasteiger partial charge in [-0.05, 0) is 71.9 Å². The third-order valence-corrected chi connectivity index (χ3v) is 7.83. The zero-order valence-corrected chi connectivity index (χ0v) is 21.9. The van der Waals surface area contributed by atoms with Crippen molar-refractivity contribution in [1.29, 1.82) is 0 Å². The number of amides is 2. The molecule has 0 unspecified atom stereocenters. The molecule has 1 fully saturated rings. The summed E-state index contributed by atoms with van der Waals surface area (Å²) in [5.41, 5.74) is 3.08.